The Balaban J connectivity index is 1.90. The Morgan fingerprint density at radius 1 is 1.17 bits per heavy atom. The van der Waals surface area contributed by atoms with Crippen LogP contribution in [0, 0.1) is 5.41 Å². The Kier molecular flexibility index (Phi) is 7.87. The molecule has 0 bridgehead atoms. The average molecular weight is 445 g/mol. The van der Waals surface area contributed by atoms with E-state index in [4.69, 9.17) is 17.0 Å². The molecule has 0 saturated carbocycles. The number of carbonyl (C=O) groups excluding carboxylic acids is 1. The molecule has 0 radical (unpaired) electrons. The first-order chi connectivity index (χ1) is 14.4. The second-order valence-corrected chi connectivity index (χ2v) is 10.0. The molecule has 5 nitrogen and oxygen atoms in total. The first-order valence-corrected chi connectivity index (χ1v) is 11.7. The number of carbonyl (C=O) groups is 1. The highest BCUT2D eigenvalue weighted by molar-refractivity contribution is 7.58. The number of likely N-dealkylation sites (N-methyl/N-ethyl adjacent to an activating group) is 1. The molecule has 2 atom stereocenters. The van der Waals surface area contributed by atoms with E-state index in [2.05, 4.69) is 47.3 Å². The SMILES string of the molecule is CNC(=O)PC(C)Cc1cc(N2CCN(C)CC2)ccc1C(=N)c1ccc(Cl)cc1. The number of hydrogen-bond donors (Lipinski definition) is 2. The molecule has 1 fully saturated rings. The summed E-state index contributed by atoms with van der Waals surface area (Å²) < 4.78 is 0. The second kappa shape index (κ2) is 10.4. The van der Waals surface area contributed by atoms with E-state index in [0.717, 1.165) is 49.3 Å². The van der Waals surface area contributed by atoms with Gasteiger partial charge < -0.3 is 15.1 Å². The number of hydrogen-bond acceptors (Lipinski definition) is 4. The van der Waals surface area contributed by atoms with Crippen LogP contribution in [0.3, 0.4) is 0 Å². The predicted octanol–water partition coefficient (Wildman–Crippen LogP) is 4.46. The van der Waals surface area contributed by atoms with Gasteiger partial charge in [-0.3, -0.25) is 10.2 Å². The van der Waals surface area contributed by atoms with E-state index >= 15 is 0 Å². The maximum absolute atomic E-state index is 11.9. The number of nitrogens with zero attached hydrogens (tertiary/aromatic N) is 2. The molecule has 160 valence electrons. The number of rotatable bonds is 7. The van der Waals surface area contributed by atoms with Gasteiger partial charge in [-0.25, -0.2) is 0 Å². The van der Waals surface area contributed by atoms with Crippen LogP contribution >= 0.6 is 20.2 Å². The average Bonchev–Trinajstić information content (AvgIpc) is 2.74. The van der Waals surface area contributed by atoms with E-state index in [1.54, 1.807) is 7.05 Å². The van der Waals surface area contributed by atoms with Gasteiger partial charge in [0, 0.05) is 55.1 Å². The molecule has 30 heavy (non-hydrogen) atoms. The summed E-state index contributed by atoms with van der Waals surface area (Å²) >= 11 is 6.03. The summed E-state index contributed by atoms with van der Waals surface area (Å²) in [6.07, 6.45) is 0.763. The van der Waals surface area contributed by atoms with Crippen molar-refractivity contribution in [2.45, 2.75) is 19.0 Å². The van der Waals surface area contributed by atoms with Crippen LogP contribution in [0.2, 0.25) is 5.02 Å². The zero-order chi connectivity index (χ0) is 21.7. The smallest absolute Gasteiger partial charge is 0.237 e. The molecule has 1 heterocycles. The Hall–Kier alpha value is -1.94. The third kappa shape index (κ3) is 5.81. The molecule has 0 aliphatic carbocycles. The topological polar surface area (TPSA) is 59.4 Å². The molecule has 1 aliphatic rings. The molecule has 0 spiro atoms. The van der Waals surface area contributed by atoms with Gasteiger partial charge in [-0.05, 0) is 57.5 Å². The summed E-state index contributed by atoms with van der Waals surface area (Å²) in [4.78, 5) is 16.6. The van der Waals surface area contributed by atoms with Crippen molar-refractivity contribution in [2.75, 3.05) is 45.2 Å². The number of nitrogens with one attached hydrogen (secondary N) is 2. The molecule has 1 aliphatic heterocycles. The van der Waals surface area contributed by atoms with Crippen LogP contribution in [0.25, 0.3) is 0 Å². The van der Waals surface area contributed by atoms with Crippen molar-refractivity contribution in [1.82, 2.24) is 10.2 Å². The predicted molar refractivity (Wildman–Crippen MR) is 129 cm³/mol. The lowest BCUT2D eigenvalue weighted by Gasteiger charge is -2.34. The van der Waals surface area contributed by atoms with E-state index in [0.29, 0.717) is 10.7 Å². The van der Waals surface area contributed by atoms with Crippen molar-refractivity contribution < 1.29 is 4.79 Å². The Morgan fingerprint density at radius 3 is 2.47 bits per heavy atom. The lowest BCUT2D eigenvalue weighted by atomic mass is 9.94. The highest BCUT2D eigenvalue weighted by Gasteiger charge is 2.19. The monoisotopic (exact) mass is 444 g/mol. The molecule has 7 heteroatoms. The van der Waals surface area contributed by atoms with E-state index in [-0.39, 0.29) is 19.9 Å². The van der Waals surface area contributed by atoms with E-state index in [9.17, 15) is 4.79 Å². The van der Waals surface area contributed by atoms with Gasteiger partial charge >= 0.3 is 0 Å². The number of anilines is 1. The number of amides is 1. The van der Waals surface area contributed by atoms with Crippen LogP contribution in [0.15, 0.2) is 42.5 Å². The van der Waals surface area contributed by atoms with Gasteiger partial charge in [0.1, 0.15) is 0 Å². The molecule has 3 rings (SSSR count). The summed E-state index contributed by atoms with van der Waals surface area (Å²) in [5.74, 6) is 0. The maximum atomic E-state index is 11.9. The molecular weight excluding hydrogens is 415 g/mol. The van der Waals surface area contributed by atoms with Gasteiger partial charge in [0.15, 0.2) is 0 Å². The van der Waals surface area contributed by atoms with Crippen molar-refractivity contribution in [3.8, 4) is 0 Å². The number of piperazine rings is 1. The number of halogens is 1. The van der Waals surface area contributed by atoms with Crippen LogP contribution in [-0.2, 0) is 6.42 Å². The lowest BCUT2D eigenvalue weighted by molar-refractivity contribution is 0.262. The first kappa shape index (κ1) is 22.7. The fraction of sp³-hybridized carbons (Fsp3) is 0.391. The molecular formula is C23H30ClN4OP. The molecule has 2 unspecified atom stereocenters. The zero-order valence-electron chi connectivity index (χ0n) is 17.8. The summed E-state index contributed by atoms with van der Waals surface area (Å²) in [5, 5.41) is 12.2. The van der Waals surface area contributed by atoms with E-state index < -0.39 is 0 Å². The number of benzene rings is 2. The maximum Gasteiger partial charge on any atom is 0.237 e. The van der Waals surface area contributed by atoms with Crippen LogP contribution in [0.5, 0.6) is 0 Å². The highest BCUT2D eigenvalue weighted by Crippen LogP contribution is 2.29. The fourth-order valence-electron chi connectivity index (χ4n) is 3.70. The van der Waals surface area contributed by atoms with Crippen LogP contribution in [0.1, 0.15) is 23.6 Å². The first-order valence-electron chi connectivity index (χ1n) is 10.3. The standard InChI is InChI=1S/C23H30ClN4OP/c1-16(30-23(29)26-2)14-18-15-20(28-12-10-27(3)11-13-28)8-9-21(18)22(25)17-4-6-19(24)7-5-17/h4-9,15-16,25,30H,10-14H2,1-3H3,(H,26,29). The van der Waals surface area contributed by atoms with Gasteiger partial charge in [0.25, 0.3) is 0 Å². The molecule has 2 aromatic carbocycles. The highest BCUT2D eigenvalue weighted by atomic mass is 35.5. The van der Waals surface area contributed by atoms with Crippen molar-refractivity contribution in [3.05, 3.63) is 64.2 Å². The molecule has 1 saturated heterocycles. The molecule has 2 aromatic rings. The Bertz CT molecular complexity index is 895. The van der Waals surface area contributed by atoms with Crippen molar-refractivity contribution in [1.29, 1.82) is 5.41 Å². The molecule has 2 N–H and O–H groups in total. The van der Waals surface area contributed by atoms with Gasteiger partial charge in [-0.15, -0.1) is 0 Å². The van der Waals surface area contributed by atoms with Crippen LogP contribution < -0.4 is 10.2 Å². The third-order valence-electron chi connectivity index (χ3n) is 5.49. The van der Waals surface area contributed by atoms with Crippen molar-refractivity contribution in [2.24, 2.45) is 0 Å². The minimum atomic E-state index is 0.0760. The van der Waals surface area contributed by atoms with Gasteiger partial charge in [0.05, 0.1) is 5.71 Å². The van der Waals surface area contributed by atoms with Crippen LogP contribution in [-0.4, -0.2) is 62.2 Å². The Labute approximate surface area is 186 Å². The molecule has 0 aromatic heterocycles. The van der Waals surface area contributed by atoms with Crippen LogP contribution in [0.4, 0.5) is 10.5 Å². The Morgan fingerprint density at radius 2 is 1.83 bits per heavy atom. The molecule has 1 amide bonds. The van der Waals surface area contributed by atoms with Gasteiger partial charge in [-0.2, -0.15) is 0 Å². The fourth-order valence-corrected chi connectivity index (χ4v) is 4.74. The van der Waals surface area contributed by atoms with Gasteiger partial charge in [0.2, 0.25) is 5.65 Å². The minimum Gasteiger partial charge on any atom is -0.369 e. The normalized spacial score (nSPS) is 16.1. The summed E-state index contributed by atoms with van der Waals surface area (Å²) in [6, 6.07) is 13.8. The van der Waals surface area contributed by atoms with Crippen molar-refractivity contribution >= 4 is 37.2 Å². The minimum absolute atomic E-state index is 0.0760. The quantitative estimate of drug-likeness (QED) is 0.489. The summed E-state index contributed by atoms with van der Waals surface area (Å²) in [7, 11) is 4.03. The summed E-state index contributed by atoms with van der Waals surface area (Å²) in [5.41, 5.74) is 4.85. The van der Waals surface area contributed by atoms with E-state index in [1.807, 2.05) is 24.3 Å². The lowest BCUT2D eigenvalue weighted by Crippen LogP contribution is -2.44. The zero-order valence-corrected chi connectivity index (χ0v) is 19.6. The third-order valence-corrected chi connectivity index (χ3v) is 6.95. The largest absolute Gasteiger partial charge is 0.369 e. The van der Waals surface area contributed by atoms with E-state index in [1.165, 1.54) is 5.69 Å². The summed E-state index contributed by atoms with van der Waals surface area (Å²) in [6.45, 7) is 6.20. The second-order valence-electron chi connectivity index (χ2n) is 7.84. The van der Waals surface area contributed by atoms with Gasteiger partial charge in [-0.1, -0.05) is 36.7 Å². The van der Waals surface area contributed by atoms with Crippen molar-refractivity contribution in [3.63, 3.8) is 0 Å².